The molecule has 1 aromatic heterocycles. The van der Waals surface area contributed by atoms with Gasteiger partial charge in [0.15, 0.2) is 0 Å². The minimum atomic E-state index is 0.649. The first-order chi connectivity index (χ1) is 7.79. The van der Waals surface area contributed by atoms with Crippen molar-refractivity contribution in [1.82, 2.24) is 4.98 Å². The number of hydrogen-bond acceptors (Lipinski definition) is 4. The summed E-state index contributed by atoms with van der Waals surface area (Å²) in [5.74, 6) is 0.748. The van der Waals surface area contributed by atoms with E-state index < -0.39 is 0 Å². The van der Waals surface area contributed by atoms with Crippen LogP contribution in [0.4, 0.5) is 17.1 Å². The molecule has 0 fully saturated rings. The molecular weight excluding hydrogens is 202 g/mol. The highest BCUT2D eigenvalue weighted by Gasteiger charge is 2.01. The van der Waals surface area contributed by atoms with E-state index in [2.05, 4.69) is 10.3 Å². The van der Waals surface area contributed by atoms with E-state index in [9.17, 15) is 0 Å². The lowest BCUT2D eigenvalue weighted by atomic mass is 10.2. The number of methoxy groups -OCH3 is 1. The number of nitrogen functional groups attached to an aromatic ring is 1. The number of nitrogens with zero attached hydrogens (tertiary/aromatic N) is 1. The first-order valence-electron chi connectivity index (χ1n) is 4.90. The topological polar surface area (TPSA) is 60.2 Å². The highest BCUT2D eigenvalue weighted by molar-refractivity contribution is 5.73. The second-order valence-electron chi connectivity index (χ2n) is 3.31. The third-order valence-corrected chi connectivity index (χ3v) is 2.22. The van der Waals surface area contributed by atoms with Gasteiger partial charge in [-0.15, -0.1) is 0 Å². The molecule has 4 heteroatoms. The fourth-order valence-electron chi connectivity index (χ4n) is 1.37. The third kappa shape index (κ3) is 2.23. The molecule has 0 amide bonds. The Balaban J connectivity index is 2.22. The van der Waals surface area contributed by atoms with Crippen LogP contribution < -0.4 is 15.8 Å². The Labute approximate surface area is 94.1 Å². The van der Waals surface area contributed by atoms with Crippen LogP contribution in [0.25, 0.3) is 0 Å². The van der Waals surface area contributed by atoms with Gasteiger partial charge in [-0.05, 0) is 24.3 Å². The Hall–Kier alpha value is -2.23. The van der Waals surface area contributed by atoms with Crippen molar-refractivity contribution < 1.29 is 4.74 Å². The van der Waals surface area contributed by atoms with Crippen molar-refractivity contribution in [3.63, 3.8) is 0 Å². The van der Waals surface area contributed by atoms with Gasteiger partial charge in [-0.25, -0.2) is 0 Å². The van der Waals surface area contributed by atoms with Gasteiger partial charge in [-0.3, -0.25) is 4.98 Å². The van der Waals surface area contributed by atoms with E-state index in [1.54, 1.807) is 25.6 Å². The third-order valence-electron chi connectivity index (χ3n) is 2.22. The van der Waals surface area contributed by atoms with Crippen molar-refractivity contribution in [2.45, 2.75) is 0 Å². The van der Waals surface area contributed by atoms with Gasteiger partial charge in [0.05, 0.1) is 18.5 Å². The molecule has 0 aliphatic carbocycles. The summed E-state index contributed by atoms with van der Waals surface area (Å²) in [5.41, 5.74) is 8.34. The monoisotopic (exact) mass is 215 g/mol. The molecule has 0 unspecified atom stereocenters. The van der Waals surface area contributed by atoms with Gasteiger partial charge < -0.3 is 15.8 Å². The standard InChI is InChI=1S/C12H13N3O/c1-16-10-2-3-12(11(13)8-10)15-9-4-6-14-7-5-9/h2-8H,13H2,1H3,(H,14,15). The van der Waals surface area contributed by atoms with Gasteiger partial charge in [0.1, 0.15) is 5.75 Å². The molecule has 2 rings (SSSR count). The lowest BCUT2D eigenvalue weighted by molar-refractivity contribution is 0.415. The van der Waals surface area contributed by atoms with Gasteiger partial charge in [-0.1, -0.05) is 0 Å². The summed E-state index contributed by atoms with van der Waals surface area (Å²) in [6, 6.07) is 9.28. The van der Waals surface area contributed by atoms with E-state index in [0.717, 1.165) is 17.1 Å². The van der Waals surface area contributed by atoms with Crippen molar-refractivity contribution in [2.75, 3.05) is 18.2 Å². The van der Waals surface area contributed by atoms with Crippen LogP contribution in [0.15, 0.2) is 42.7 Å². The smallest absolute Gasteiger partial charge is 0.121 e. The number of pyridine rings is 1. The van der Waals surface area contributed by atoms with Gasteiger partial charge in [0, 0.05) is 24.1 Å². The fraction of sp³-hybridized carbons (Fsp3) is 0.0833. The highest BCUT2D eigenvalue weighted by atomic mass is 16.5. The SMILES string of the molecule is COc1ccc(Nc2ccncc2)c(N)c1. The maximum atomic E-state index is 5.89. The van der Waals surface area contributed by atoms with Crippen LogP contribution in [0.1, 0.15) is 0 Å². The van der Waals surface area contributed by atoms with Crippen molar-refractivity contribution >= 4 is 17.1 Å². The molecule has 0 bridgehead atoms. The average Bonchev–Trinajstić information content (AvgIpc) is 2.33. The van der Waals surface area contributed by atoms with Crippen LogP contribution in [0.2, 0.25) is 0 Å². The number of aromatic nitrogens is 1. The fourth-order valence-corrected chi connectivity index (χ4v) is 1.37. The minimum Gasteiger partial charge on any atom is -0.497 e. The van der Waals surface area contributed by atoms with Gasteiger partial charge in [-0.2, -0.15) is 0 Å². The Bertz CT molecular complexity index is 471. The summed E-state index contributed by atoms with van der Waals surface area (Å²) in [6.07, 6.45) is 3.45. The minimum absolute atomic E-state index is 0.649. The molecule has 4 nitrogen and oxygen atoms in total. The number of benzene rings is 1. The molecule has 16 heavy (non-hydrogen) atoms. The predicted octanol–water partition coefficient (Wildman–Crippen LogP) is 2.42. The van der Waals surface area contributed by atoms with Crippen LogP contribution in [-0.2, 0) is 0 Å². The number of ether oxygens (including phenoxy) is 1. The van der Waals surface area contributed by atoms with Crippen LogP contribution in [0.5, 0.6) is 5.75 Å². The zero-order valence-corrected chi connectivity index (χ0v) is 8.97. The number of nitrogens with two attached hydrogens (primary N) is 1. The largest absolute Gasteiger partial charge is 0.497 e. The zero-order valence-electron chi connectivity index (χ0n) is 8.97. The molecule has 1 aromatic carbocycles. The lowest BCUT2D eigenvalue weighted by Crippen LogP contribution is -1.96. The molecule has 0 spiro atoms. The normalized spacial score (nSPS) is 9.81. The summed E-state index contributed by atoms with van der Waals surface area (Å²) in [6.45, 7) is 0. The number of anilines is 3. The number of nitrogens with one attached hydrogen (secondary N) is 1. The molecule has 0 atom stereocenters. The van der Waals surface area contributed by atoms with E-state index in [-0.39, 0.29) is 0 Å². The van der Waals surface area contributed by atoms with Gasteiger partial charge in [0.2, 0.25) is 0 Å². The van der Waals surface area contributed by atoms with E-state index in [0.29, 0.717) is 5.69 Å². The van der Waals surface area contributed by atoms with E-state index in [1.807, 2.05) is 24.3 Å². The number of hydrogen-bond donors (Lipinski definition) is 2. The molecule has 1 heterocycles. The molecule has 0 saturated carbocycles. The lowest BCUT2D eigenvalue weighted by Gasteiger charge is -2.10. The summed E-state index contributed by atoms with van der Waals surface area (Å²) in [7, 11) is 1.62. The van der Waals surface area contributed by atoms with Crippen molar-refractivity contribution in [3.05, 3.63) is 42.7 Å². The second-order valence-corrected chi connectivity index (χ2v) is 3.31. The molecule has 0 saturated heterocycles. The van der Waals surface area contributed by atoms with Crippen LogP contribution >= 0.6 is 0 Å². The maximum absolute atomic E-state index is 5.89. The molecule has 82 valence electrons. The summed E-state index contributed by atoms with van der Waals surface area (Å²) in [5, 5.41) is 3.20. The Morgan fingerprint density at radius 2 is 1.94 bits per heavy atom. The van der Waals surface area contributed by atoms with Crippen molar-refractivity contribution in [2.24, 2.45) is 0 Å². The van der Waals surface area contributed by atoms with E-state index in [1.165, 1.54) is 0 Å². The van der Waals surface area contributed by atoms with Crippen LogP contribution in [0, 0.1) is 0 Å². The first-order valence-corrected chi connectivity index (χ1v) is 4.90. The molecule has 3 N–H and O–H groups in total. The summed E-state index contributed by atoms with van der Waals surface area (Å²) < 4.78 is 5.08. The van der Waals surface area contributed by atoms with E-state index >= 15 is 0 Å². The molecule has 2 aromatic rings. The number of rotatable bonds is 3. The molecule has 0 aliphatic rings. The van der Waals surface area contributed by atoms with Gasteiger partial charge >= 0.3 is 0 Å². The Morgan fingerprint density at radius 1 is 1.19 bits per heavy atom. The predicted molar refractivity (Wildman–Crippen MR) is 64.9 cm³/mol. The maximum Gasteiger partial charge on any atom is 0.121 e. The van der Waals surface area contributed by atoms with Crippen molar-refractivity contribution in [3.8, 4) is 5.75 Å². The highest BCUT2D eigenvalue weighted by Crippen LogP contribution is 2.26. The van der Waals surface area contributed by atoms with E-state index in [4.69, 9.17) is 10.5 Å². The molecular formula is C12H13N3O. The van der Waals surface area contributed by atoms with Crippen LogP contribution in [-0.4, -0.2) is 12.1 Å². The molecule has 0 aliphatic heterocycles. The second kappa shape index (κ2) is 4.53. The quantitative estimate of drug-likeness (QED) is 0.772. The summed E-state index contributed by atoms with van der Waals surface area (Å²) in [4.78, 5) is 3.95. The van der Waals surface area contributed by atoms with Crippen molar-refractivity contribution in [1.29, 1.82) is 0 Å². The molecule has 0 radical (unpaired) electrons. The average molecular weight is 215 g/mol. The Morgan fingerprint density at radius 3 is 2.56 bits per heavy atom. The zero-order chi connectivity index (χ0) is 11.4. The Kier molecular flexibility index (Phi) is 2.91. The van der Waals surface area contributed by atoms with Crippen LogP contribution in [0.3, 0.4) is 0 Å². The van der Waals surface area contributed by atoms with Gasteiger partial charge in [0.25, 0.3) is 0 Å². The first kappa shape index (κ1) is 10.3. The summed E-state index contributed by atoms with van der Waals surface area (Å²) >= 11 is 0.